The SMILES string of the molecule is CCCC(C)(N)C(=O)N1CCC(N(CC)CC)C1. The van der Waals surface area contributed by atoms with Crippen molar-refractivity contribution in [2.45, 2.75) is 58.5 Å². The van der Waals surface area contributed by atoms with E-state index in [2.05, 4.69) is 25.7 Å². The van der Waals surface area contributed by atoms with Gasteiger partial charge in [0.15, 0.2) is 0 Å². The lowest BCUT2D eigenvalue weighted by Crippen LogP contribution is -2.53. The molecule has 1 amide bonds. The second-order valence-electron chi connectivity index (χ2n) is 5.58. The zero-order valence-electron chi connectivity index (χ0n) is 12.4. The minimum absolute atomic E-state index is 0.124. The summed E-state index contributed by atoms with van der Waals surface area (Å²) in [4.78, 5) is 16.8. The third kappa shape index (κ3) is 3.45. The molecule has 0 spiro atoms. The van der Waals surface area contributed by atoms with Crippen LogP contribution < -0.4 is 5.73 Å². The highest BCUT2D eigenvalue weighted by atomic mass is 16.2. The first-order chi connectivity index (χ1) is 8.46. The lowest BCUT2D eigenvalue weighted by molar-refractivity contribution is -0.135. The maximum atomic E-state index is 12.4. The van der Waals surface area contributed by atoms with Crippen LogP contribution in [0.4, 0.5) is 0 Å². The Labute approximate surface area is 111 Å². The van der Waals surface area contributed by atoms with Gasteiger partial charge in [0.25, 0.3) is 0 Å². The smallest absolute Gasteiger partial charge is 0.242 e. The number of nitrogens with two attached hydrogens (primary N) is 1. The van der Waals surface area contributed by atoms with Crippen LogP contribution in [0, 0.1) is 0 Å². The molecule has 0 aromatic carbocycles. The van der Waals surface area contributed by atoms with Crippen molar-refractivity contribution in [1.29, 1.82) is 0 Å². The van der Waals surface area contributed by atoms with Gasteiger partial charge < -0.3 is 10.6 Å². The fourth-order valence-electron chi connectivity index (χ4n) is 2.95. The van der Waals surface area contributed by atoms with Crippen molar-refractivity contribution in [2.24, 2.45) is 5.73 Å². The third-order valence-corrected chi connectivity index (χ3v) is 4.04. The minimum Gasteiger partial charge on any atom is -0.339 e. The predicted octanol–water partition coefficient (Wildman–Crippen LogP) is 1.45. The van der Waals surface area contributed by atoms with Crippen LogP contribution in [0.3, 0.4) is 0 Å². The Kier molecular flexibility index (Phi) is 5.60. The number of hydrogen-bond acceptors (Lipinski definition) is 3. The number of amides is 1. The summed E-state index contributed by atoms with van der Waals surface area (Å²) in [5.41, 5.74) is 5.44. The van der Waals surface area contributed by atoms with E-state index in [1.807, 2.05) is 11.8 Å². The second-order valence-corrected chi connectivity index (χ2v) is 5.58. The fourth-order valence-corrected chi connectivity index (χ4v) is 2.95. The molecular weight excluding hydrogens is 226 g/mol. The van der Waals surface area contributed by atoms with E-state index in [-0.39, 0.29) is 5.91 Å². The van der Waals surface area contributed by atoms with Crippen LogP contribution in [-0.2, 0) is 4.79 Å². The number of likely N-dealkylation sites (N-methyl/N-ethyl adjacent to an activating group) is 1. The maximum Gasteiger partial charge on any atom is 0.242 e. The second kappa shape index (κ2) is 6.53. The molecule has 0 bridgehead atoms. The van der Waals surface area contributed by atoms with Gasteiger partial charge in [-0.3, -0.25) is 9.69 Å². The summed E-state index contributed by atoms with van der Waals surface area (Å²) in [7, 11) is 0. The Morgan fingerprint density at radius 3 is 2.50 bits per heavy atom. The Bertz CT molecular complexity index is 274. The molecule has 0 aromatic rings. The van der Waals surface area contributed by atoms with Crippen molar-refractivity contribution >= 4 is 5.91 Å². The fraction of sp³-hybridized carbons (Fsp3) is 0.929. The van der Waals surface area contributed by atoms with E-state index in [4.69, 9.17) is 5.73 Å². The molecule has 106 valence electrons. The van der Waals surface area contributed by atoms with Crippen LogP contribution >= 0.6 is 0 Å². The molecule has 1 fully saturated rings. The lowest BCUT2D eigenvalue weighted by atomic mass is 9.96. The molecule has 1 heterocycles. The molecule has 4 nitrogen and oxygen atoms in total. The van der Waals surface area contributed by atoms with Crippen molar-refractivity contribution in [3.8, 4) is 0 Å². The minimum atomic E-state index is -0.688. The van der Waals surface area contributed by atoms with Gasteiger partial charge in [-0.15, -0.1) is 0 Å². The summed E-state index contributed by atoms with van der Waals surface area (Å²) in [6.45, 7) is 12.1. The van der Waals surface area contributed by atoms with Crippen molar-refractivity contribution < 1.29 is 4.79 Å². The Balaban J connectivity index is 2.58. The van der Waals surface area contributed by atoms with Crippen LogP contribution in [0.2, 0.25) is 0 Å². The van der Waals surface area contributed by atoms with E-state index >= 15 is 0 Å². The van der Waals surface area contributed by atoms with E-state index in [0.29, 0.717) is 6.04 Å². The quantitative estimate of drug-likeness (QED) is 0.781. The maximum absolute atomic E-state index is 12.4. The molecule has 2 N–H and O–H groups in total. The average molecular weight is 255 g/mol. The van der Waals surface area contributed by atoms with Gasteiger partial charge in [-0.2, -0.15) is 0 Å². The average Bonchev–Trinajstić information content (AvgIpc) is 2.79. The number of likely N-dealkylation sites (tertiary alicyclic amines) is 1. The van der Waals surface area contributed by atoms with E-state index in [1.54, 1.807) is 0 Å². The first-order valence-corrected chi connectivity index (χ1v) is 7.28. The van der Waals surface area contributed by atoms with Crippen LogP contribution in [-0.4, -0.2) is 53.5 Å². The topological polar surface area (TPSA) is 49.6 Å². The molecule has 2 unspecified atom stereocenters. The molecule has 0 aliphatic carbocycles. The molecule has 1 aliphatic rings. The van der Waals surface area contributed by atoms with Gasteiger partial charge in [0.2, 0.25) is 5.91 Å². The van der Waals surface area contributed by atoms with Gasteiger partial charge in [-0.1, -0.05) is 27.2 Å². The van der Waals surface area contributed by atoms with Gasteiger partial charge >= 0.3 is 0 Å². The van der Waals surface area contributed by atoms with Gasteiger partial charge in [0.1, 0.15) is 0 Å². The Hall–Kier alpha value is -0.610. The molecule has 1 aliphatic heterocycles. The van der Waals surface area contributed by atoms with Crippen LogP contribution in [0.5, 0.6) is 0 Å². The Morgan fingerprint density at radius 2 is 2.00 bits per heavy atom. The van der Waals surface area contributed by atoms with Gasteiger partial charge in [-0.05, 0) is 32.9 Å². The predicted molar refractivity (Wildman–Crippen MR) is 75.4 cm³/mol. The van der Waals surface area contributed by atoms with E-state index in [1.165, 1.54) is 0 Å². The number of carbonyl (C=O) groups excluding carboxylic acids is 1. The molecule has 0 aromatic heterocycles. The number of nitrogens with zero attached hydrogens (tertiary/aromatic N) is 2. The van der Waals surface area contributed by atoms with E-state index < -0.39 is 5.54 Å². The zero-order chi connectivity index (χ0) is 13.8. The molecule has 4 heteroatoms. The lowest BCUT2D eigenvalue weighted by Gasteiger charge is -2.30. The monoisotopic (exact) mass is 255 g/mol. The van der Waals surface area contributed by atoms with Crippen LogP contribution in [0.15, 0.2) is 0 Å². The van der Waals surface area contributed by atoms with Gasteiger partial charge in [0, 0.05) is 19.1 Å². The van der Waals surface area contributed by atoms with E-state index in [0.717, 1.165) is 45.4 Å². The number of carbonyl (C=O) groups is 1. The normalized spacial score (nSPS) is 23.4. The molecular formula is C14H29N3O. The highest BCUT2D eigenvalue weighted by molar-refractivity contribution is 5.85. The highest BCUT2D eigenvalue weighted by Crippen LogP contribution is 2.20. The van der Waals surface area contributed by atoms with Gasteiger partial charge in [0.05, 0.1) is 5.54 Å². The summed E-state index contributed by atoms with van der Waals surface area (Å²) in [5.74, 6) is 0.124. The van der Waals surface area contributed by atoms with Crippen molar-refractivity contribution in [2.75, 3.05) is 26.2 Å². The summed E-state index contributed by atoms with van der Waals surface area (Å²) in [6.07, 6.45) is 2.79. The molecule has 1 rings (SSSR count). The molecule has 2 atom stereocenters. The zero-order valence-corrected chi connectivity index (χ0v) is 12.4. The van der Waals surface area contributed by atoms with Crippen LogP contribution in [0.25, 0.3) is 0 Å². The molecule has 0 radical (unpaired) electrons. The third-order valence-electron chi connectivity index (χ3n) is 4.04. The Morgan fingerprint density at radius 1 is 1.39 bits per heavy atom. The largest absolute Gasteiger partial charge is 0.339 e. The standard InChI is InChI=1S/C14H29N3O/c1-5-9-14(4,15)13(18)17-10-8-12(11-17)16(6-2)7-3/h12H,5-11,15H2,1-4H3. The first-order valence-electron chi connectivity index (χ1n) is 7.28. The van der Waals surface area contributed by atoms with Crippen molar-refractivity contribution in [3.05, 3.63) is 0 Å². The number of rotatable bonds is 6. The van der Waals surface area contributed by atoms with Gasteiger partial charge in [-0.25, -0.2) is 0 Å². The van der Waals surface area contributed by atoms with E-state index in [9.17, 15) is 4.79 Å². The van der Waals surface area contributed by atoms with Crippen LogP contribution in [0.1, 0.15) is 47.0 Å². The highest BCUT2D eigenvalue weighted by Gasteiger charge is 2.36. The first kappa shape index (κ1) is 15.4. The summed E-state index contributed by atoms with van der Waals surface area (Å²) in [5, 5.41) is 0. The summed E-state index contributed by atoms with van der Waals surface area (Å²) >= 11 is 0. The summed E-state index contributed by atoms with van der Waals surface area (Å²) in [6, 6.07) is 0.515. The van der Waals surface area contributed by atoms with Crippen molar-refractivity contribution in [3.63, 3.8) is 0 Å². The molecule has 1 saturated heterocycles. The number of hydrogen-bond donors (Lipinski definition) is 1. The molecule has 0 saturated carbocycles. The van der Waals surface area contributed by atoms with Crippen molar-refractivity contribution in [1.82, 2.24) is 9.80 Å². The molecule has 18 heavy (non-hydrogen) atoms. The summed E-state index contributed by atoms with van der Waals surface area (Å²) < 4.78 is 0.